The normalized spacial score (nSPS) is 45.5. The van der Waals surface area contributed by atoms with Crippen LogP contribution in [-0.4, -0.2) is 118 Å². The number of methoxy groups -OCH3 is 1. The minimum atomic E-state index is -1.55. The van der Waals surface area contributed by atoms with Crippen LogP contribution in [0, 0.1) is 0 Å². The summed E-state index contributed by atoms with van der Waals surface area (Å²) in [4.78, 5) is 11.4. The van der Waals surface area contributed by atoms with Crippen LogP contribution in [-0.2, 0) is 23.7 Å². The highest BCUT2D eigenvalue weighted by Gasteiger charge is 2.47. The fourth-order valence-corrected chi connectivity index (χ4v) is 3.05. The minimum absolute atomic E-state index is 0.369. The zero-order chi connectivity index (χ0) is 20.3. The van der Waals surface area contributed by atoms with Crippen molar-refractivity contribution < 1.29 is 54.4 Å². The minimum Gasteiger partial charge on any atom is -0.394 e. The van der Waals surface area contributed by atoms with Gasteiger partial charge in [0.2, 0.25) is 5.91 Å². The molecule has 0 bridgehead atoms. The van der Waals surface area contributed by atoms with Crippen molar-refractivity contribution in [3.05, 3.63) is 0 Å². The Labute approximate surface area is 155 Å². The maximum Gasteiger partial charge on any atom is 0.217 e. The molecule has 2 fully saturated rings. The molecular weight excluding hydrogens is 370 g/mol. The summed E-state index contributed by atoms with van der Waals surface area (Å²) in [5.74, 6) is -0.516. The summed E-state index contributed by atoms with van der Waals surface area (Å²) in [6.45, 7) is 0.222. The van der Waals surface area contributed by atoms with Crippen LogP contribution in [0.2, 0.25) is 0 Å². The van der Waals surface area contributed by atoms with E-state index in [4.69, 9.17) is 18.9 Å². The predicted octanol–water partition coefficient (Wildman–Crippen LogP) is -4.60. The molecule has 158 valence electrons. The maximum absolute atomic E-state index is 11.4. The van der Waals surface area contributed by atoms with Crippen LogP contribution in [0.3, 0.4) is 0 Å². The molecular formula is C15H27NO11. The van der Waals surface area contributed by atoms with Crippen molar-refractivity contribution in [3.8, 4) is 0 Å². The Kier molecular flexibility index (Phi) is 7.88. The third-order valence-corrected chi connectivity index (χ3v) is 4.58. The molecule has 0 spiro atoms. The van der Waals surface area contributed by atoms with Gasteiger partial charge in [-0.15, -0.1) is 0 Å². The molecule has 12 heteroatoms. The topological polar surface area (TPSA) is 187 Å². The van der Waals surface area contributed by atoms with Gasteiger partial charge in [-0.2, -0.15) is 0 Å². The Bertz CT molecular complexity index is 492. The van der Waals surface area contributed by atoms with Gasteiger partial charge in [0.25, 0.3) is 0 Å². The number of nitrogens with one attached hydrogen (secondary N) is 1. The molecule has 2 heterocycles. The first kappa shape index (κ1) is 22.4. The Morgan fingerprint density at radius 2 is 1.52 bits per heavy atom. The van der Waals surface area contributed by atoms with E-state index in [9.17, 15) is 35.4 Å². The second-order valence-electron chi connectivity index (χ2n) is 6.52. The van der Waals surface area contributed by atoms with Crippen molar-refractivity contribution >= 4 is 5.91 Å². The lowest BCUT2D eigenvalue weighted by molar-refractivity contribution is -0.316. The summed E-state index contributed by atoms with van der Waals surface area (Å²) in [7, 11) is 1.25. The van der Waals surface area contributed by atoms with Gasteiger partial charge in [0.15, 0.2) is 12.6 Å². The number of hydrogen-bond donors (Lipinski definition) is 7. The molecule has 0 aromatic carbocycles. The summed E-state index contributed by atoms with van der Waals surface area (Å²) in [5.41, 5.74) is 0. The number of aliphatic hydroxyl groups excluding tert-OH is 6. The van der Waals surface area contributed by atoms with E-state index in [2.05, 4.69) is 5.32 Å². The van der Waals surface area contributed by atoms with E-state index in [1.54, 1.807) is 0 Å². The number of carbonyl (C=O) groups is 1. The van der Waals surface area contributed by atoms with Crippen molar-refractivity contribution in [2.24, 2.45) is 0 Å². The van der Waals surface area contributed by atoms with E-state index >= 15 is 0 Å². The zero-order valence-electron chi connectivity index (χ0n) is 14.9. The highest BCUT2D eigenvalue weighted by Crippen LogP contribution is 2.25. The van der Waals surface area contributed by atoms with Gasteiger partial charge in [0.05, 0.1) is 13.2 Å². The summed E-state index contributed by atoms with van der Waals surface area (Å²) in [5, 5.41) is 61.5. The molecule has 10 atom stereocenters. The van der Waals surface area contributed by atoms with E-state index < -0.39 is 73.9 Å². The van der Waals surface area contributed by atoms with Gasteiger partial charge in [0, 0.05) is 14.0 Å². The monoisotopic (exact) mass is 397 g/mol. The second kappa shape index (κ2) is 9.52. The van der Waals surface area contributed by atoms with Gasteiger partial charge in [-0.1, -0.05) is 0 Å². The Balaban J connectivity index is 2.07. The largest absolute Gasteiger partial charge is 0.394 e. The van der Waals surface area contributed by atoms with E-state index in [0.29, 0.717) is 0 Å². The van der Waals surface area contributed by atoms with Crippen LogP contribution in [0.15, 0.2) is 0 Å². The predicted molar refractivity (Wildman–Crippen MR) is 85.0 cm³/mol. The first-order chi connectivity index (χ1) is 12.7. The molecule has 2 rings (SSSR count). The number of rotatable bonds is 6. The fraction of sp³-hybridized carbons (Fsp3) is 0.933. The number of amides is 1. The van der Waals surface area contributed by atoms with E-state index in [-0.39, 0.29) is 6.61 Å². The zero-order valence-corrected chi connectivity index (χ0v) is 14.9. The highest BCUT2D eigenvalue weighted by atomic mass is 16.7. The fourth-order valence-electron chi connectivity index (χ4n) is 3.05. The van der Waals surface area contributed by atoms with Crippen LogP contribution >= 0.6 is 0 Å². The Morgan fingerprint density at radius 1 is 0.926 bits per heavy atom. The summed E-state index contributed by atoms with van der Waals surface area (Å²) in [6.07, 6.45) is -12.2. The highest BCUT2D eigenvalue weighted by molar-refractivity contribution is 5.73. The van der Waals surface area contributed by atoms with E-state index in [1.165, 1.54) is 14.0 Å². The lowest BCUT2D eigenvalue weighted by atomic mass is 9.96. The second-order valence-corrected chi connectivity index (χ2v) is 6.52. The van der Waals surface area contributed by atoms with Gasteiger partial charge in [0.1, 0.15) is 48.8 Å². The molecule has 2 aliphatic rings. The third kappa shape index (κ3) is 4.92. The van der Waals surface area contributed by atoms with Gasteiger partial charge < -0.3 is 54.9 Å². The van der Waals surface area contributed by atoms with Crippen LogP contribution in [0.1, 0.15) is 6.92 Å². The summed E-state index contributed by atoms with van der Waals surface area (Å²) >= 11 is 0. The number of carbonyl (C=O) groups excluding carboxylic acids is 1. The Morgan fingerprint density at radius 3 is 2.07 bits per heavy atom. The number of aliphatic hydroxyl groups is 6. The van der Waals surface area contributed by atoms with Crippen molar-refractivity contribution in [2.75, 3.05) is 20.3 Å². The lowest BCUT2D eigenvalue weighted by Crippen LogP contribution is -2.65. The molecule has 12 nitrogen and oxygen atoms in total. The van der Waals surface area contributed by atoms with Crippen molar-refractivity contribution in [3.63, 3.8) is 0 Å². The molecule has 27 heavy (non-hydrogen) atoms. The van der Waals surface area contributed by atoms with Crippen molar-refractivity contribution in [1.29, 1.82) is 0 Å². The smallest absolute Gasteiger partial charge is 0.217 e. The SMILES string of the molecule is CO[C@H]1O[C@H](CO[C@@H]2O[C@H](CO)[C@@H](O)[C@H](O)[C@@H]2NC(C)=O)[C@H](O)[C@H](O)[C@H]1O. The lowest BCUT2D eigenvalue weighted by Gasteiger charge is -2.44. The molecule has 2 saturated heterocycles. The first-order valence-corrected chi connectivity index (χ1v) is 8.44. The van der Waals surface area contributed by atoms with Crippen LogP contribution in [0.4, 0.5) is 0 Å². The molecule has 0 saturated carbocycles. The average molecular weight is 397 g/mol. The molecule has 1 amide bonds. The molecule has 0 unspecified atom stereocenters. The molecule has 2 aliphatic heterocycles. The van der Waals surface area contributed by atoms with Crippen molar-refractivity contribution in [2.45, 2.75) is 68.3 Å². The molecule has 0 aromatic rings. The van der Waals surface area contributed by atoms with E-state index in [1.807, 2.05) is 0 Å². The molecule has 0 aromatic heterocycles. The molecule has 0 aliphatic carbocycles. The van der Waals surface area contributed by atoms with Gasteiger partial charge in [-0.3, -0.25) is 4.79 Å². The Hall–Kier alpha value is -0.930. The summed E-state index contributed by atoms with van der Waals surface area (Å²) < 4.78 is 21.1. The quantitative estimate of drug-likeness (QED) is 0.228. The van der Waals surface area contributed by atoms with Gasteiger partial charge in [-0.05, 0) is 0 Å². The average Bonchev–Trinajstić information content (AvgIpc) is 2.64. The molecule has 7 N–H and O–H groups in total. The standard InChI is InChI=1S/C15H27NO11/c1-5(18)16-8-11(21)9(19)6(3-17)26-14(8)25-4-7-10(20)12(22)13(23)15(24-2)27-7/h6-15,17,19-23H,3-4H2,1-2H3,(H,16,18)/t6-,7-,8+,9-,10+,11-,12+,13-,14-,15+/m1/s1. The van der Waals surface area contributed by atoms with Crippen LogP contribution in [0.25, 0.3) is 0 Å². The summed E-state index contributed by atoms with van der Waals surface area (Å²) in [6, 6.07) is -1.16. The number of ether oxygens (including phenoxy) is 4. The van der Waals surface area contributed by atoms with Gasteiger partial charge in [-0.25, -0.2) is 0 Å². The van der Waals surface area contributed by atoms with E-state index in [0.717, 1.165) is 0 Å². The van der Waals surface area contributed by atoms with Gasteiger partial charge >= 0.3 is 0 Å². The van der Waals surface area contributed by atoms with Crippen LogP contribution in [0.5, 0.6) is 0 Å². The van der Waals surface area contributed by atoms with Crippen LogP contribution < -0.4 is 5.32 Å². The van der Waals surface area contributed by atoms with Crippen molar-refractivity contribution in [1.82, 2.24) is 5.32 Å². The molecule has 0 radical (unpaired) electrons. The number of hydrogen-bond acceptors (Lipinski definition) is 11. The third-order valence-electron chi connectivity index (χ3n) is 4.58. The first-order valence-electron chi connectivity index (χ1n) is 8.44. The maximum atomic E-state index is 11.4.